The smallest absolute Gasteiger partial charge is 0.348 e. The highest BCUT2D eigenvalue weighted by Crippen LogP contribution is 2.34. The van der Waals surface area contributed by atoms with Crippen LogP contribution in [-0.4, -0.2) is 78.8 Å². The molecule has 0 bridgehead atoms. The fourth-order valence-corrected chi connectivity index (χ4v) is 3.96. The fraction of sp³-hybridized carbons (Fsp3) is 0.619. The van der Waals surface area contributed by atoms with Gasteiger partial charge in [-0.05, 0) is 31.9 Å². The van der Waals surface area contributed by atoms with Gasteiger partial charge in [0.25, 0.3) is 0 Å². The summed E-state index contributed by atoms with van der Waals surface area (Å²) in [7, 11) is 1.68. The van der Waals surface area contributed by atoms with Crippen molar-refractivity contribution >= 4 is 17.6 Å². The number of para-hydroxylation sites is 1. The van der Waals surface area contributed by atoms with E-state index in [1.807, 2.05) is 42.2 Å². The third-order valence-corrected chi connectivity index (χ3v) is 5.73. The summed E-state index contributed by atoms with van der Waals surface area (Å²) in [5, 5.41) is 2.24. The molecule has 9 nitrogen and oxygen atoms in total. The molecule has 0 atom stereocenters. The van der Waals surface area contributed by atoms with E-state index in [4.69, 9.17) is 16.4 Å². The zero-order valence-corrected chi connectivity index (χ0v) is 18.4. The Kier molecular flexibility index (Phi) is 9.04. The zero-order chi connectivity index (χ0) is 22.1. The lowest BCUT2D eigenvalue weighted by Gasteiger charge is -2.48. The Morgan fingerprint density at radius 3 is 2.27 bits per heavy atom. The first kappa shape index (κ1) is 24.1. The Bertz CT molecular complexity index is 679. The number of anilines is 1. The van der Waals surface area contributed by atoms with E-state index in [0.29, 0.717) is 32.7 Å². The molecule has 1 aliphatic heterocycles. The molecule has 1 aliphatic rings. The number of likely N-dealkylation sites (tertiary alicyclic amines) is 1. The summed E-state index contributed by atoms with van der Waals surface area (Å²) in [6.07, 6.45) is 1.98. The molecule has 1 heterocycles. The van der Waals surface area contributed by atoms with Gasteiger partial charge < -0.3 is 14.5 Å². The van der Waals surface area contributed by atoms with Crippen LogP contribution in [-0.2, 0) is 9.53 Å². The Labute approximate surface area is 179 Å². The standard InChI is InChI=1S/C21H36N6O3/c1-4-19(28)27(18-9-7-6-8-10-18)21(17-30-3)11-13-24(14-12-21)15-16-26(23)20(29)25(22)5-2/h6-10H,4-5,11-17,22-23H2,1-3H3. The lowest BCUT2D eigenvalue weighted by atomic mass is 9.85. The molecule has 0 unspecified atom stereocenters. The number of rotatable bonds is 9. The molecule has 0 spiro atoms. The maximum absolute atomic E-state index is 12.9. The first-order valence-corrected chi connectivity index (χ1v) is 10.6. The average molecular weight is 421 g/mol. The normalized spacial score (nSPS) is 16.2. The van der Waals surface area contributed by atoms with Crippen LogP contribution in [0, 0.1) is 0 Å². The maximum atomic E-state index is 12.9. The van der Waals surface area contributed by atoms with Gasteiger partial charge in [-0.1, -0.05) is 25.1 Å². The second kappa shape index (κ2) is 11.3. The lowest BCUT2D eigenvalue weighted by molar-refractivity contribution is -0.120. The van der Waals surface area contributed by atoms with E-state index in [2.05, 4.69) is 4.90 Å². The van der Waals surface area contributed by atoms with Gasteiger partial charge in [-0.3, -0.25) is 14.8 Å². The highest BCUT2D eigenvalue weighted by molar-refractivity contribution is 5.94. The van der Waals surface area contributed by atoms with Gasteiger partial charge in [-0.15, -0.1) is 0 Å². The largest absolute Gasteiger partial charge is 0.382 e. The summed E-state index contributed by atoms with van der Waals surface area (Å²) in [4.78, 5) is 29.1. The molecule has 9 heteroatoms. The number of urea groups is 1. The molecule has 0 aromatic heterocycles. The van der Waals surface area contributed by atoms with Crippen LogP contribution in [0.3, 0.4) is 0 Å². The van der Waals surface area contributed by atoms with E-state index in [0.717, 1.165) is 41.6 Å². The van der Waals surface area contributed by atoms with Crippen molar-refractivity contribution in [1.82, 2.24) is 14.9 Å². The number of methoxy groups -OCH3 is 1. The zero-order valence-electron chi connectivity index (χ0n) is 18.4. The summed E-state index contributed by atoms with van der Waals surface area (Å²) in [6.45, 7) is 7.16. The molecule has 168 valence electrons. The van der Waals surface area contributed by atoms with E-state index in [9.17, 15) is 9.59 Å². The Hall–Kier alpha value is -2.20. The molecule has 0 radical (unpaired) electrons. The molecular formula is C21H36N6O3. The van der Waals surface area contributed by atoms with E-state index < -0.39 is 11.6 Å². The SMILES string of the molecule is CCC(=O)N(c1ccccc1)C1(COC)CCN(CCN(N)C(=O)N(N)CC)CC1. The minimum absolute atomic E-state index is 0.0908. The Morgan fingerprint density at radius 2 is 1.73 bits per heavy atom. The lowest BCUT2D eigenvalue weighted by Crippen LogP contribution is -2.61. The van der Waals surface area contributed by atoms with E-state index in [1.165, 1.54) is 0 Å². The number of nitrogens with zero attached hydrogens (tertiary/aromatic N) is 4. The van der Waals surface area contributed by atoms with Crippen molar-refractivity contribution in [1.29, 1.82) is 0 Å². The molecule has 4 N–H and O–H groups in total. The van der Waals surface area contributed by atoms with Crippen LogP contribution in [0.15, 0.2) is 30.3 Å². The highest BCUT2D eigenvalue weighted by atomic mass is 16.5. The van der Waals surface area contributed by atoms with Crippen molar-refractivity contribution in [2.45, 2.75) is 38.6 Å². The van der Waals surface area contributed by atoms with Gasteiger partial charge in [0, 0.05) is 45.4 Å². The van der Waals surface area contributed by atoms with Gasteiger partial charge in [0.15, 0.2) is 0 Å². The number of hydrogen-bond acceptors (Lipinski definition) is 6. The van der Waals surface area contributed by atoms with Crippen molar-refractivity contribution in [2.24, 2.45) is 11.7 Å². The maximum Gasteiger partial charge on any atom is 0.348 e. The molecule has 0 saturated carbocycles. The number of carbonyl (C=O) groups is 2. The second-order valence-electron chi connectivity index (χ2n) is 7.68. The van der Waals surface area contributed by atoms with Crippen molar-refractivity contribution in [3.05, 3.63) is 30.3 Å². The number of hydrazine groups is 2. The van der Waals surface area contributed by atoms with Crippen LogP contribution in [0.25, 0.3) is 0 Å². The monoisotopic (exact) mass is 420 g/mol. The van der Waals surface area contributed by atoms with Gasteiger partial charge in [0.1, 0.15) is 0 Å². The van der Waals surface area contributed by atoms with Crippen LogP contribution in [0.4, 0.5) is 10.5 Å². The van der Waals surface area contributed by atoms with Gasteiger partial charge in [0.05, 0.1) is 18.7 Å². The van der Waals surface area contributed by atoms with Crippen LogP contribution in [0.2, 0.25) is 0 Å². The molecule has 2 rings (SSSR count). The first-order chi connectivity index (χ1) is 14.4. The minimum atomic E-state index is -0.396. The summed E-state index contributed by atoms with van der Waals surface area (Å²) in [5.74, 6) is 11.6. The molecule has 30 heavy (non-hydrogen) atoms. The number of amides is 3. The number of carbonyl (C=O) groups excluding carboxylic acids is 2. The van der Waals surface area contributed by atoms with Crippen molar-refractivity contribution in [3.8, 4) is 0 Å². The van der Waals surface area contributed by atoms with Crippen molar-refractivity contribution in [2.75, 3.05) is 51.3 Å². The average Bonchev–Trinajstić information content (AvgIpc) is 2.78. The number of piperidine rings is 1. The Balaban J connectivity index is 2.07. The van der Waals surface area contributed by atoms with Crippen molar-refractivity contribution in [3.63, 3.8) is 0 Å². The van der Waals surface area contributed by atoms with Gasteiger partial charge >= 0.3 is 6.03 Å². The number of ether oxygens (including phenoxy) is 1. The summed E-state index contributed by atoms with van der Waals surface area (Å²) in [6, 6.07) is 9.40. The molecule has 1 saturated heterocycles. The van der Waals surface area contributed by atoms with E-state index in [1.54, 1.807) is 14.0 Å². The van der Waals surface area contributed by atoms with E-state index >= 15 is 0 Å². The summed E-state index contributed by atoms with van der Waals surface area (Å²) in [5.41, 5.74) is 0.505. The number of nitrogens with two attached hydrogens (primary N) is 2. The molecule has 1 aromatic carbocycles. The van der Waals surface area contributed by atoms with Crippen LogP contribution in [0.1, 0.15) is 33.1 Å². The number of benzene rings is 1. The Morgan fingerprint density at radius 1 is 1.10 bits per heavy atom. The molecule has 1 aromatic rings. The quantitative estimate of drug-likeness (QED) is 0.355. The fourth-order valence-electron chi connectivity index (χ4n) is 3.96. The summed E-state index contributed by atoms with van der Waals surface area (Å²) >= 11 is 0. The molecule has 3 amide bonds. The van der Waals surface area contributed by atoms with Crippen LogP contribution in [0.5, 0.6) is 0 Å². The predicted octanol–water partition coefficient (Wildman–Crippen LogP) is 1.40. The van der Waals surface area contributed by atoms with Gasteiger partial charge in [-0.2, -0.15) is 0 Å². The van der Waals surface area contributed by atoms with Crippen LogP contribution < -0.4 is 16.6 Å². The van der Waals surface area contributed by atoms with Crippen molar-refractivity contribution < 1.29 is 14.3 Å². The first-order valence-electron chi connectivity index (χ1n) is 10.6. The highest BCUT2D eigenvalue weighted by Gasteiger charge is 2.42. The third-order valence-electron chi connectivity index (χ3n) is 5.73. The second-order valence-corrected chi connectivity index (χ2v) is 7.68. The van der Waals surface area contributed by atoms with E-state index in [-0.39, 0.29) is 5.91 Å². The van der Waals surface area contributed by atoms with Gasteiger partial charge in [-0.25, -0.2) is 16.5 Å². The molecular weight excluding hydrogens is 384 g/mol. The topological polar surface area (TPSA) is 108 Å². The minimum Gasteiger partial charge on any atom is -0.382 e. The van der Waals surface area contributed by atoms with Gasteiger partial charge in [0.2, 0.25) is 5.91 Å². The molecule has 0 aliphatic carbocycles. The summed E-state index contributed by atoms with van der Waals surface area (Å²) < 4.78 is 5.58. The third kappa shape index (κ3) is 5.69. The molecule has 1 fully saturated rings. The van der Waals surface area contributed by atoms with Crippen LogP contribution >= 0.6 is 0 Å². The number of hydrogen-bond donors (Lipinski definition) is 2. The predicted molar refractivity (Wildman–Crippen MR) is 117 cm³/mol.